The molecule has 2 amide bonds. The van der Waals surface area contributed by atoms with Crippen LogP contribution in [0, 0.1) is 5.82 Å². The standard InChI is InChI=1S/C13H15FN4O3/c1-13(7-4-3-5-8(15)10(7)14)6-9(19)18(2)11(17-13)16-12(20)21/h3-5H,6,15H2,1-2H3,(H,16,17)(H,20,21)/t13-/m0/s1. The van der Waals surface area contributed by atoms with E-state index in [1.165, 1.54) is 19.2 Å². The second-order valence-corrected chi connectivity index (χ2v) is 4.98. The molecule has 1 heterocycles. The van der Waals surface area contributed by atoms with Gasteiger partial charge in [0.15, 0.2) is 5.82 Å². The number of hydrogen-bond acceptors (Lipinski definition) is 4. The molecule has 21 heavy (non-hydrogen) atoms. The van der Waals surface area contributed by atoms with Gasteiger partial charge in [-0.25, -0.2) is 14.2 Å². The van der Waals surface area contributed by atoms with Crippen LogP contribution in [0.25, 0.3) is 0 Å². The van der Waals surface area contributed by atoms with Crippen LogP contribution >= 0.6 is 0 Å². The number of nitrogens with one attached hydrogen (secondary N) is 1. The van der Waals surface area contributed by atoms with E-state index in [-0.39, 0.29) is 29.5 Å². The number of nitrogens with two attached hydrogens (primary N) is 1. The highest BCUT2D eigenvalue weighted by Gasteiger charge is 2.39. The molecule has 1 atom stereocenters. The third kappa shape index (κ3) is 2.64. The first-order chi connectivity index (χ1) is 9.74. The van der Waals surface area contributed by atoms with Crippen LogP contribution in [0.15, 0.2) is 23.2 Å². The first-order valence-corrected chi connectivity index (χ1v) is 6.15. The summed E-state index contributed by atoms with van der Waals surface area (Å²) in [6.07, 6.45) is -1.44. The first-order valence-electron chi connectivity index (χ1n) is 6.15. The van der Waals surface area contributed by atoms with Crippen LogP contribution in [0.4, 0.5) is 14.9 Å². The van der Waals surface area contributed by atoms with Gasteiger partial charge < -0.3 is 10.8 Å². The maximum Gasteiger partial charge on any atom is 0.411 e. The zero-order valence-electron chi connectivity index (χ0n) is 11.6. The number of aliphatic imine (C=N–C) groups is 1. The van der Waals surface area contributed by atoms with Gasteiger partial charge in [-0.2, -0.15) is 0 Å². The molecule has 0 spiro atoms. The quantitative estimate of drug-likeness (QED) is 0.674. The van der Waals surface area contributed by atoms with Crippen molar-refractivity contribution >= 4 is 23.6 Å². The Kier molecular flexibility index (Phi) is 3.54. The molecule has 112 valence electrons. The summed E-state index contributed by atoms with van der Waals surface area (Å²) in [5, 5.41) is 10.8. The largest absolute Gasteiger partial charge is 0.465 e. The highest BCUT2D eigenvalue weighted by molar-refractivity contribution is 6.04. The predicted octanol–water partition coefficient (Wildman–Crippen LogP) is 1.11. The number of amides is 2. The van der Waals surface area contributed by atoms with Gasteiger partial charge in [0, 0.05) is 12.6 Å². The van der Waals surface area contributed by atoms with Gasteiger partial charge in [-0.3, -0.25) is 15.0 Å². The molecule has 8 heteroatoms. The van der Waals surface area contributed by atoms with Crippen LogP contribution in [0.5, 0.6) is 0 Å². The number of rotatable bonds is 1. The van der Waals surface area contributed by atoms with E-state index < -0.39 is 17.4 Å². The molecule has 0 saturated heterocycles. The number of carbonyl (C=O) groups is 2. The van der Waals surface area contributed by atoms with E-state index in [1.54, 1.807) is 13.0 Å². The molecule has 0 aromatic heterocycles. The van der Waals surface area contributed by atoms with E-state index in [9.17, 15) is 14.0 Å². The van der Waals surface area contributed by atoms with Crippen LogP contribution in [-0.2, 0) is 10.3 Å². The Hall–Kier alpha value is -2.64. The number of hydrogen-bond donors (Lipinski definition) is 3. The molecule has 2 rings (SSSR count). The average molecular weight is 294 g/mol. The minimum atomic E-state index is -1.36. The number of nitrogens with zero attached hydrogens (tertiary/aromatic N) is 2. The Morgan fingerprint density at radius 3 is 2.86 bits per heavy atom. The lowest BCUT2D eigenvalue weighted by Gasteiger charge is -2.34. The fraction of sp³-hybridized carbons (Fsp3) is 0.308. The molecule has 1 aromatic carbocycles. The van der Waals surface area contributed by atoms with Crippen molar-refractivity contribution in [1.82, 2.24) is 10.2 Å². The smallest absolute Gasteiger partial charge is 0.411 e. The van der Waals surface area contributed by atoms with Crippen molar-refractivity contribution in [3.8, 4) is 0 Å². The summed E-state index contributed by atoms with van der Waals surface area (Å²) in [5.74, 6) is -1.18. The Bertz CT molecular complexity index is 646. The van der Waals surface area contributed by atoms with Gasteiger partial charge in [-0.1, -0.05) is 12.1 Å². The van der Waals surface area contributed by atoms with E-state index in [0.29, 0.717) is 0 Å². The Morgan fingerprint density at radius 2 is 2.24 bits per heavy atom. The van der Waals surface area contributed by atoms with Crippen LogP contribution in [0.2, 0.25) is 0 Å². The lowest BCUT2D eigenvalue weighted by atomic mass is 9.87. The minimum Gasteiger partial charge on any atom is -0.465 e. The summed E-state index contributed by atoms with van der Waals surface area (Å²) in [6, 6.07) is 4.44. The molecule has 7 nitrogen and oxygen atoms in total. The summed E-state index contributed by atoms with van der Waals surface area (Å²) in [5.41, 5.74) is 4.41. The van der Waals surface area contributed by atoms with E-state index >= 15 is 0 Å². The lowest BCUT2D eigenvalue weighted by molar-refractivity contribution is -0.128. The zero-order valence-corrected chi connectivity index (χ0v) is 11.6. The number of carbonyl (C=O) groups excluding carboxylic acids is 1. The molecule has 4 N–H and O–H groups in total. The Balaban J connectivity index is 2.54. The number of guanidine groups is 1. The van der Waals surface area contributed by atoms with Crippen LogP contribution in [-0.4, -0.2) is 35.0 Å². The first kappa shape index (κ1) is 14.8. The van der Waals surface area contributed by atoms with E-state index in [1.807, 2.05) is 5.32 Å². The highest BCUT2D eigenvalue weighted by Crippen LogP contribution is 2.35. The number of carboxylic acid groups (broad SMARTS) is 1. The molecule has 1 aliphatic heterocycles. The molecular formula is C13H15FN4O3. The van der Waals surface area contributed by atoms with Crippen LogP contribution < -0.4 is 11.1 Å². The van der Waals surface area contributed by atoms with E-state index in [0.717, 1.165) is 4.90 Å². The Labute approximate surface area is 120 Å². The number of halogens is 1. The SMILES string of the molecule is CN1C(=O)C[C@@](C)(c2cccc(N)c2F)N=C1NC(=O)O. The van der Waals surface area contributed by atoms with Gasteiger partial charge in [0.2, 0.25) is 11.9 Å². The lowest BCUT2D eigenvalue weighted by Crippen LogP contribution is -2.51. The summed E-state index contributed by atoms with van der Waals surface area (Å²) < 4.78 is 14.2. The third-order valence-electron chi connectivity index (χ3n) is 3.37. The normalized spacial score (nSPS) is 22.0. The molecule has 1 aromatic rings. The van der Waals surface area contributed by atoms with Gasteiger partial charge in [0.1, 0.15) is 0 Å². The van der Waals surface area contributed by atoms with Crippen LogP contribution in [0.3, 0.4) is 0 Å². The van der Waals surface area contributed by atoms with Gasteiger partial charge in [0.05, 0.1) is 17.6 Å². The molecular weight excluding hydrogens is 279 g/mol. The fourth-order valence-electron chi connectivity index (χ4n) is 2.21. The fourth-order valence-corrected chi connectivity index (χ4v) is 2.21. The van der Waals surface area contributed by atoms with Crippen molar-refractivity contribution < 1.29 is 19.1 Å². The van der Waals surface area contributed by atoms with Gasteiger partial charge >= 0.3 is 6.09 Å². The van der Waals surface area contributed by atoms with Crippen molar-refractivity contribution in [3.05, 3.63) is 29.6 Å². The maximum atomic E-state index is 14.2. The van der Waals surface area contributed by atoms with Crippen molar-refractivity contribution in [2.45, 2.75) is 18.9 Å². The van der Waals surface area contributed by atoms with Gasteiger partial charge in [-0.05, 0) is 13.0 Å². The Morgan fingerprint density at radius 1 is 1.57 bits per heavy atom. The maximum absolute atomic E-state index is 14.2. The van der Waals surface area contributed by atoms with Gasteiger partial charge in [0.25, 0.3) is 0 Å². The molecule has 0 unspecified atom stereocenters. The van der Waals surface area contributed by atoms with Crippen molar-refractivity contribution in [2.75, 3.05) is 12.8 Å². The summed E-state index contributed by atoms with van der Waals surface area (Å²) in [6.45, 7) is 1.55. The molecule has 0 saturated carbocycles. The topological polar surface area (TPSA) is 108 Å². The van der Waals surface area contributed by atoms with Crippen molar-refractivity contribution in [3.63, 3.8) is 0 Å². The number of anilines is 1. The highest BCUT2D eigenvalue weighted by atomic mass is 19.1. The third-order valence-corrected chi connectivity index (χ3v) is 3.37. The summed E-state index contributed by atoms with van der Waals surface area (Å²) in [4.78, 5) is 28.1. The number of benzene rings is 1. The van der Waals surface area contributed by atoms with E-state index in [4.69, 9.17) is 10.8 Å². The summed E-state index contributed by atoms with van der Waals surface area (Å²) in [7, 11) is 1.40. The van der Waals surface area contributed by atoms with Crippen LogP contribution in [0.1, 0.15) is 18.9 Å². The van der Waals surface area contributed by atoms with Crippen molar-refractivity contribution in [1.29, 1.82) is 0 Å². The zero-order chi connectivity index (χ0) is 15.8. The second kappa shape index (κ2) is 5.04. The average Bonchev–Trinajstić information content (AvgIpc) is 2.38. The molecule has 0 radical (unpaired) electrons. The summed E-state index contributed by atoms with van der Waals surface area (Å²) >= 11 is 0. The molecule has 0 fully saturated rings. The second-order valence-electron chi connectivity index (χ2n) is 4.98. The molecule has 0 bridgehead atoms. The van der Waals surface area contributed by atoms with Crippen molar-refractivity contribution in [2.24, 2.45) is 4.99 Å². The molecule has 0 aliphatic carbocycles. The van der Waals surface area contributed by atoms with E-state index in [2.05, 4.69) is 4.99 Å². The monoisotopic (exact) mass is 294 g/mol. The minimum absolute atomic E-state index is 0.0527. The predicted molar refractivity (Wildman–Crippen MR) is 74.1 cm³/mol. The van der Waals surface area contributed by atoms with Gasteiger partial charge in [-0.15, -0.1) is 0 Å². The molecule has 1 aliphatic rings. The number of nitrogen functional groups attached to an aromatic ring is 1.